The average Bonchev–Trinajstić information content (AvgIpc) is 2.82. The molecule has 1 aliphatic rings. The minimum Gasteiger partial charge on any atom is -0.118 e. The van der Waals surface area contributed by atoms with Crippen molar-refractivity contribution in [3.05, 3.63) is 54.2 Å². The van der Waals surface area contributed by atoms with Crippen molar-refractivity contribution in [1.82, 2.24) is 4.83 Å². The van der Waals surface area contributed by atoms with Crippen LogP contribution < -0.4 is 14.6 Å². The molecular weight excluding hydrogens is 206 g/mol. The van der Waals surface area contributed by atoms with Gasteiger partial charge in [0.25, 0.3) is 0 Å². The second kappa shape index (κ2) is 3.56. The molecule has 0 aliphatic carbocycles. The fraction of sp³-hybridized carbons (Fsp3) is 0. The second-order valence-corrected chi connectivity index (χ2v) is 3.94. The van der Waals surface area contributed by atoms with Crippen molar-refractivity contribution in [3.63, 3.8) is 0 Å². The second-order valence-electron chi connectivity index (χ2n) is 3.25. The highest BCUT2D eigenvalue weighted by molar-refractivity contribution is 8.00. The van der Waals surface area contributed by atoms with Gasteiger partial charge in [-0.05, 0) is 24.1 Å². The van der Waals surface area contributed by atoms with E-state index in [1.54, 1.807) is 11.9 Å². The lowest BCUT2D eigenvalue weighted by Gasteiger charge is -2.08. The number of nitrogens with one attached hydrogen (secondary N) is 1. The van der Waals surface area contributed by atoms with Crippen molar-refractivity contribution in [2.75, 3.05) is 5.12 Å². The van der Waals surface area contributed by atoms with Crippen LogP contribution in [0.25, 0.3) is 10.9 Å². The minimum atomic E-state index is 1.18. The molecule has 1 aliphatic heterocycles. The van der Waals surface area contributed by atoms with Crippen LogP contribution in [0, 0.1) is 0 Å². The summed E-state index contributed by atoms with van der Waals surface area (Å²) < 4.78 is 2.08. The Balaban J connectivity index is 2.21. The molecule has 2 heterocycles. The minimum absolute atomic E-state index is 1.18. The first-order valence-electron chi connectivity index (χ1n) is 4.72. The van der Waals surface area contributed by atoms with Crippen LogP contribution in [-0.4, -0.2) is 0 Å². The van der Waals surface area contributed by atoms with Gasteiger partial charge in [-0.2, -0.15) is 0 Å². The predicted octanol–water partition coefficient (Wildman–Crippen LogP) is 1.70. The first-order valence-corrected chi connectivity index (χ1v) is 5.60. The monoisotopic (exact) mass is 216 g/mol. The summed E-state index contributed by atoms with van der Waals surface area (Å²) in [4.78, 5) is 3.17. The van der Waals surface area contributed by atoms with Gasteiger partial charge in [0.15, 0.2) is 0 Å². The van der Waals surface area contributed by atoms with Gasteiger partial charge in [-0.1, -0.05) is 21.9 Å². The number of fused-ring (bicyclic) bond motifs is 1. The summed E-state index contributed by atoms with van der Waals surface area (Å²) in [5.74, 6) is 0. The molecule has 0 fully saturated rings. The summed E-state index contributed by atoms with van der Waals surface area (Å²) in [6, 6.07) is 12.5. The third-order valence-corrected chi connectivity index (χ3v) is 2.89. The Morgan fingerprint density at radius 3 is 2.87 bits per heavy atom. The first-order chi connectivity index (χ1) is 7.45. The Hall–Kier alpha value is -1.52. The highest BCUT2D eigenvalue weighted by atomic mass is 32.2. The van der Waals surface area contributed by atoms with Gasteiger partial charge in [0.2, 0.25) is 11.7 Å². The zero-order valence-electron chi connectivity index (χ0n) is 8.00. The third kappa shape index (κ3) is 1.48. The molecule has 15 heavy (non-hydrogen) atoms. The van der Waals surface area contributed by atoms with E-state index in [9.17, 15) is 0 Å². The van der Waals surface area contributed by atoms with Gasteiger partial charge in [0.1, 0.15) is 0 Å². The van der Waals surface area contributed by atoms with Crippen molar-refractivity contribution in [2.24, 2.45) is 0 Å². The van der Waals surface area contributed by atoms with Crippen molar-refractivity contribution < 1.29 is 4.68 Å². The fourth-order valence-electron chi connectivity index (χ4n) is 1.65. The number of hydrazine groups is 1. The van der Waals surface area contributed by atoms with Gasteiger partial charge in [-0.3, -0.25) is 0 Å². The molecule has 3 rings (SSSR count). The highest BCUT2D eigenvalue weighted by Gasteiger charge is 2.17. The third-order valence-electron chi connectivity index (χ3n) is 2.34. The lowest BCUT2D eigenvalue weighted by Crippen LogP contribution is -2.58. The molecule has 3 nitrogen and oxygen atoms in total. The zero-order chi connectivity index (χ0) is 10.1. The van der Waals surface area contributed by atoms with Gasteiger partial charge in [-0.15, -0.1) is 4.83 Å². The summed E-state index contributed by atoms with van der Waals surface area (Å²) in [5, 5.41) is 5.19. The van der Waals surface area contributed by atoms with Crippen LogP contribution in [0.2, 0.25) is 0 Å². The van der Waals surface area contributed by atoms with Crippen LogP contribution in [0.4, 0.5) is 0 Å². The van der Waals surface area contributed by atoms with Crippen molar-refractivity contribution in [2.45, 2.75) is 0 Å². The molecule has 0 unspecified atom stereocenters. The van der Waals surface area contributed by atoms with Gasteiger partial charge < -0.3 is 0 Å². The lowest BCUT2D eigenvalue weighted by atomic mass is 10.2. The molecule has 0 atom stereocenters. The molecular formula is C11H10N3S+. The van der Waals surface area contributed by atoms with Gasteiger partial charge in [-0.25, -0.2) is 0 Å². The van der Waals surface area contributed by atoms with E-state index in [1.807, 2.05) is 35.1 Å². The smallest absolute Gasteiger partial charge is 0.118 e. The number of benzene rings is 1. The van der Waals surface area contributed by atoms with Crippen LogP contribution in [0.5, 0.6) is 0 Å². The van der Waals surface area contributed by atoms with E-state index < -0.39 is 0 Å². The molecule has 74 valence electrons. The molecule has 0 saturated heterocycles. The maximum absolute atomic E-state index is 3.17. The Kier molecular flexibility index (Phi) is 2.08. The normalized spacial score (nSPS) is 15.1. The Labute approximate surface area is 92.1 Å². The Morgan fingerprint density at radius 1 is 1.13 bits per heavy atom. The number of hydrogen-bond donors (Lipinski definition) is 1. The van der Waals surface area contributed by atoms with Gasteiger partial charge >= 0.3 is 0 Å². The molecule has 0 amide bonds. The molecule has 0 radical (unpaired) electrons. The van der Waals surface area contributed by atoms with Crippen LogP contribution in [0.15, 0.2) is 54.2 Å². The molecule has 4 heteroatoms. The number of rotatable bonds is 1. The van der Waals surface area contributed by atoms with Crippen LogP contribution in [0.3, 0.4) is 0 Å². The predicted molar refractivity (Wildman–Crippen MR) is 62.2 cm³/mol. The molecule has 1 aromatic carbocycles. The molecule has 1 N–H and O–H groups in total. The van der Waals surface area contributed by atoms with E-state index >= 15 is 0 Å². The van der Waals surface area contributed by atoms with Crippen LogP contribution in [0.1, 0.15) is 0 Å². The van der Waals surface area contributed by atoms with Crippen LogP contribution in [-0.2, 0) is 0 Å². The van der Waals surface area contributed by atoms with Crippen LogP contribution >= 0.6 is 11.9 Å². The SMILES string of the molecule is C1=CN([n+]2cccc3ccccc32)NS1. The summed E-state index contributed by atoms with van der Waals surface area (Å²) in [6.45, 7) is 0. The average molecular weight is 216 g/mol. The quantitative estimate of drug-likeness (QED) is 0.578. The van der Waals surface area contributed by atoms with E-state index in [0.29, 0.717) is 0 Å². The van der Waals surface area contributed by atoms with E-state index in [1.165, 1.54) is 10.9 Å². The van der Waals surface area contributed by atoms with E-state index in [0.717, 1.165) is 0 Å². The van der Waals surface area contributed by atoms with Gasteiger partial charge in [0, 0.05) is 22.9 Å². The zero-order valence-corrected chi connectivity index (χ0v) is 8.82. The number of hydrogen-bond acceptors (Lipinski definition) is 3. The largest absolute Gasteiger partial charge is 0.244 e. The molecule has 2 aromatic rings. The number of pyridine rings is 1. The molecule has 0 bridgehead atoms. The van der Waals surface area contributed by atoms with Gasteiger partial charge in [0.05, 0.1) is 6.20 Å². The van der Waals surface area contributed by atoms with E-state index in [4.69, 9.17) is 0 Å². The van der Waals surface area contributed by atoms with Crippen molar-refractivity contribution in [1.29, 1.82) is 0 Å². The summed E-state index contributed by atoms with van der Waals surface area (Å²) >= 11 is 1.56. The van der Waals surface area contributed by atoms with Crippen molar-refractivity contribution >= 4 is 22.9 Å². The Bertz CT molecular complexity index is 519. The summed E-state index contributed by atoms with van der Waals surface area (Å²) in [7, 11) is 0. The highest BCUT2D eigenvalue weighted by Crippen LogP contribution is 2.10. The summed E-state index contributed by atoms with van der Waals surface area (Å²) in [6.07, 6.45) is 4.03. The standard InChI is InChI=1S/C11H10N3S/c1-2-6-11-10(4-1)5-3-7-13(11)14-8-9-15-12-14/h1-9,12H/q+1. The molecule has 0 spiro atoms. The topological polar surface area (TPSA) is 19.1 Å². The fourth-order valence-corrected chi connectivity index (χ4v) is 2.15. The first kappa shape index (κ1) is 8.76. The number of aromatic nitrogens is 1. The maximum atomic E-state index is 3.17. The Morgan fingerprint density at radius 2 is 2.00 bits per heavy atom. The molecule has 1 aromatic heterocycles. The number of para-hydroxylation sites is 1. The maximum Gasteiger partial charge on any atom is 0.244 e. The summed E-state index contributed by atoms with van der Waals surface area (Å²) in [5.41, 5.74) is 1.18. The number of nitrogens with zero attached hydrogens (tertiary/aromatic N) is 2. The molecule has 0 saturated carbocycles. The van der Waals surface area contributed by atoms with Crippen molar-refractivity contribution in [3.8, 4) is 0 Å². The van der Waals surface area contributed by atoms with E-state index in [-0.39, 0.29) is 0 Å². The lowest BCUT2D eigenvalue weighted by molar-refractivity contribution is -0.664. The van der Waals surface area contributed by atoms with E-state index in [2.05, 4.69) is 33.8 Å².